The van der Waals surface area contributed by atoms with Crippen molar-refractivity contribution in [2.75, 3.05) is 6.54 Å². The fourth-order valence-electron chi connectivity index (χ4n) is 2.43. The number of benzene rings is 1. The van der Waals surface area contributed by atoms with Crippen LogP contribution in [0.5, 0.6) is 5.75 Å². The van der Waals surface area contributed by atoms with Gasteiger partial charge in [-0.2, -0.15) is 0 Å². The maximum atomic E-state index is 12.5. The summed E-state index contributed by atoms with van der Waals surface area (Å²) in [5.74, 6) is 0.550. The molecule has 2 rings (SSSR count). The maximum Gasteiger partial charge on any atom is 0.267 e. The van der Waals surface area contributed by atoms with Gasteiger partial charge in [0.15, 0.2) is 0 Å². The van der Waals surface area contributed by atoms with E-state index in [2.05, 4.69) is 10.6 Å². The first kappa shape index (κ1) is 22.0. The second kappa shape index (κ2) is 11.5. The molecule has 0 saturated heterocycles. The van der Waals surface area contributed by atoms with Gasteiger partial charge in [0, 0.05) is 12.6 Å². The summed E-state index contributed by atoms with van der Waals surface area (Å²) in [4.78, 5) is 24.8. The molecule has 6 nitrogen and oxygen atoms in total. The lowest BCUT2D eigenvalue weighted by atomic mass is 10.1. The molecule has 1 heterocycles. The Morgan fingerprint density at radius 3 is 2.55 bits per heavy atom. The third-order valence-electron chi connectivity index (χ3n) is 3.82. The van der Waals surface area contributed by atoms with E-state index in [1.54, 1.807) is 24.3 Å². The summed E-state index contributed by atoms with van der Waals surface area (Å²) in [6, 6.07) is 10.8. The molecular formula is C23H28N2O4. The number of amides is 2. The molecule has 0 atom stereocenters. The number of carbonyl (C=O) groups excluding carboxylic acids is 2. The van der Waals surface area contributed by atoms with Crippen LogP contribution in [0, 0.1) is 0 Å². The van der Waals surface area contributed by atoms with E-state index < -0.39 is 5.91 Å². The molecule has 2 amide bonds. The van der Waals surface area contributed by atoms with Crippen LogP contribution in [-0.4, -0.2) is 24.5 Å². The highest BCUT2D eigenvalue weighted by atomic mass is 16.5. The van der Waals surface area contributed by atoms with E-state index in [1.165, 1.54) is 12.3 Å². The van der Waals surface area contributed by atoms with E-state index in [0.29, 0.717) is 12.3 Å². The van der Waals surface area contributed by atoms with Gasteiger partial charge in [-0.05, 0) is 62.2 Å². The van der Waals surface area contributed by atoms with Gasteiger partial charge in [0.05, 0.1) is 12.4 Å². The SMILES string of the molecule is CCCCNC(=O)C(=Cc1ccc(OC(C)C)cc1)NC(=O)C=Cc1ccco1. The second-order valence-corrected chi connectivity index (χ2v) is 6.74. The first-order valence-electron chi connectivity index (χ1n) is 9.77. The Bertz CT molecular complexity index is 834. The fourth-order valence-corrected chi connectivity index (χ4v) is 2.43. The second-order valence-electron chi connectivity index (χ2n) is 6.74. The van der Waals surface area contributed by atoms with Crippen molar-refractivity contribution in [1.82, 2.24) is 10.6 Å². The predicted molar refractivity (Wildman–Crippen MR) is 114 cm³/mol. The quantitative estimate of drug-likeness (QED) is 0.467. The topological polar surface area (TPSA) is 80.6 Å². The first-order chi connectivity index (χ1) is 14.0. The molecule has 0 spiro atoms. The predicted octanol–water partition coefficient (Wildman–Crippen LogP) is 4.15. The average molecular weight is 396 g/mol. The molecule has 2 N–H and O–H groups in total. The van der Waals surface area contributed by atoms with Crippen LogP contribution in [-0.2, 0) is 9.59 Å². The van der Waals surface area contributed by atoms with Crippen molar-refractivity contribution in [3.63, 3.8) is 0 Å². The minimum Gasteiger partial charge on any atom is -0.491 e. The summed E-state index contributed by atoms with van der Waals surface area (Å²) in [6.45, 7) is 6.51. The van der Waals surface area contributed by atoms with Crippen LogP contribution in [0.2, 0.25) is 0 Å². The highest BCUT2D eigenvalue weighted by Crippen LogP contribution is 2.15. The lowest BCUT2D eigenvalue weighted by Crippen LogP contribution is -2.34. The van der Waals surface area contributed by atoms with Gasteiger partial charge in [-0.15, -0.1) is 0 Å². The van der Waals surface area contributed by atoms with Crippen molar-refractivity contribution in [3.05, 3.63) is 65.8 Å². The molecule has 0 aliphatic rings. The molecule has 0 aliphatic carbocycles. The molecule has 1 aromatic carbocycles. The zero-order valence-electron chi connectivity index (χ0n) is 17.1. The van der Waals surface area contributed by atoms with Gasteiger partial charge in [0.1, 0.15) is 17.2 Å². The van der Waals surface area contributed by atoms with Crippen LogP contribution in [0.4, 0.5) is 0 Å². The summed E-state index contributed by atoms with van der Waals surface area (Å²) in [7, 11) is 0. The third-order valence-corrected chi connectivity index (χ3v) is 3.82. The minimum atomic E-state index is -0.418. The van der Waals surface area contributed by atoms with E-state index >= 15 is 0 Å². The first-order valence-corrected chi connectivity index (χ1v) is 9.77. The van der Waals surface area contributed by atoms with Crippen LogP contribution < -0.4 is 15.4 Å². The number of hydrogen-bond acceptors (Lipinski definition) is 4. The van der Waals surface area contributed by atoms with Crippen molar-refractivity contribution in [2.45, 2.75) is 39.7 Å². The highest BCUT2D eigenvalue weighted by Gasteiger charge is 2.12. The Kier molecular flexibility index (Phi) is 8.76. The van der Waals surface area contributed by atoms with Crippen molar-refractivity contribution < 1.29 is 18.7 Å². The van der Waals surface area contributed by atoms with Crippen LogP contribution >= 0.6 is 0 Å². The summed E-state index contributed by atoms with van der Waals surface area (Å²) >= 11 is 0. The summed E-state index contributed by atoms with van der Waals surface area (Å²) < 4.78 is 10.8. The Morgan fingerprint density at radius 1 is 1.17 bits per heavy atom. The van der Waals surface area contributed by atoms with Crippen LogP contribution in [0.1, 0.15) is 44.9 Å². The normalized spacial score (nSPS) is 11.7. The summed E-state index contributed by atoms with van der Waals surface area (Å²) in [5.41, 5.74) is 0.949. The van der Waals surface area contributed by atoms with Crippen LogP contribution in [0.15, 0.2) is 58.9 Å². The fraction of sp³-hybridized carbons (Fsp3) is 0.304. The molecule has 0 fully saturated rings. The van der Waals surface area contributed by atoms with E-state index in [-0.39, 0.29) is 17.7 Å². The zero-order valence-corrected chi connectivity index (χ0v) is 17.1. The Morgan fingerprint density at radius 2 is 1.93 bits per heavy atom. The molecule has 0 aliphatic heterocycles. The number of unbranched alkanes of at least 4 members (excludes halogenated alkanes) is 1. The number of furan rings is 1. The lowest BCUT2D eigenvalue weighted by Gasteiger charge is -2.11. The van der Waals surface area contributed by atoms with Gasteiger partial charge in [-0.1, -0.05) is 25.5 Å². The molecule has 0 unspecified atom stereocenters. The monoisotopic (exact) mass is 396 g/mol. The molecule has 0 bridgehead atoms. The molecule has 0 saturated carbocycles. The van der Waals surface area contributed by atoms with Crippen molar-refractivity contribution in [3.8, 4) is 5.75 Å². The number of rotatable bonds is 10. The Labute approximate surface area is 171 Å². The van der Waals surface area contributed by atoms with Crippen LogP contribution in [0.25, 0.3) is 12.2 Å². The summed E-state index contributed by atoms with van der Waals surface area (Å²) in [5, 5.41) is 5.48. The van der Waals surface area contributed by atoms with E-state index in [0.717, 1.165) is 24.2 Å². The largest absolute Gasteiger partial charge is 0.491 e. The molecule has 6 heteroatoms. The van der Waals surface area contributed by atoms with Gasteiger partial charge in [-0.3, -0.25) is 9.59 Å². The summed E-state index contributed by atoms with van der Waals surface area (Å²) in [6.07, 6.45) is 7.94. The van der Waals surface area contributed by atoms with Crippen LogP contribution in [0.3, 0.4) is 0 Å². The zero-order chi connectivity index (χ0) is 21.1. The minimum absolute atomic E-state index is 0.0801. The highest BCUT2D eigenvalue weighted by molar-refractivity contribution is 6.04. The number of ether oxygens (including phenoxy) is 1. The van der Waals surface area contributed by atoms with Crippen molar-refractivity contribution in [2.24, 2.45) is 0 Å². The Balaban J connectivity index is 2.13. The van der Waals surface area contributed by atoms with Gasteiger partial charge < -0.3 is 19.8 Å². The standard InChI is InChI=1S/C23H28N2O4/c1-4-5-14-24-23(27)21(25-22(26)13-12-19-7-6-15-28-19)16-18-8-10-20(11-9-18)29-17(2)3/h6-13,15-17H,4-5,14H2,1-3H3,(H,24,27)(H,25,26). The lowest BCUT2D eigenvalue weighted by molar-refractivity contribution is -0.121. The molecule has 2 aromatic rings. The van der Waals surface area contributed by atoms with Gasteiger partial charge in [0.25, 0.3) is 5.91 Å². The molecule has 1 aromatic heterocycles. The van der Waals surface area contributed by atoms with Gasteiger partial charge in [0.2, 0.25) is 5.91 Å². The average Bonchev–Trinajstić information content (AvgIpc) is 3.21. The van der Waals surface area contributed by atoms with E-state index in [9.17, 15) is 9.59 Å². The molecule has 29 heavy (non-hydrogen) atoms. The van der Waals surface area contributed by atoms with Crippen molar-refractivity contribution in [1.29, 1.82) is 0 Å². The van der Waals surface area contributed by atoms with Crippen molar-refractivity contribution >= 4 is 24.0 Å². The smallest absolute Gasteiger partial charge is 0.267 e. The number of nitrogens with one attached hydrogen (secondary N) is 2. The van der Waals surface area contributed by atoms with Gasteiger partial charge >= 0.3 is 0 Å². The Hall–Kier alpha value is -3.28. The van der Waals surface area contributed by atoms with E-state index in [1.807, 2.05) is 45.0 Å². The third kappa shape index (κ3) is 8.09. The maximum absolute atomic E-state index is 12.5. The van der Waals surface area contributed by atoms with E-state index in [4.69, 9.17) is 9.15 Å². The number of carbonyl (C=O) groups is 2. The molecule has 154 valence electrons. The molecular weight excluding hydrogens is 368 g/mol. The van der Waals surface area contributed by atoms with Gasteiger partial charge in [-0.25, -0.2) is 0 Å². The molecule has 0 radical (unpaired) electrons. The number of hydrogen-bond donors (Lipinski definition) is 2.